The van der Waals surface area contributed by atoms with Gasteiger partial charge in [-0.15, -0.1) is 10.2 Å². The third kappa shape index (κ3) is 3.70. The van der Waals surface area contributed by atoms with E-state index < -0.39 is 0 Å². The van der Waals surface area contributed by atoms with Crippen molar-refractivity contribution in [3.8, 4) is 0 Å². The number of para-hydroxylation sites is 1. The zero-order valence-electron chi connectivity index (χ0n) is 16.7. The fourth-order valence-electron chi connectivity index (χ4n) is 5.03. The van der Waals surface area contributed by atoms with Crippen LogP contribution in [0.25, 0.3) is 10.9 Å². The number of hydrogen-bond acceptors (Lipinski definition) is 5. The Kier molecular flexibility index (Phi) is 5.35. The van der Waals surface area contributed by atoms with Gasteiger partial charge >= 0.3 is 0 Å². The summed E-state index contributed by atoms with van der Waals surface area (Å²) in [5.74, 6) is 1.21. The molecule has 3 heterocycles. The molecule has 152 valence electrons. The van der Waals surface area contributed by atoms with E-state index in [4.69, 9.17) is 0 Å². The fraction of sp³-hybridized carbons (Fsp3) is 0.500. The first-order valence-electron chi connectivity index (χ1n) is 10.5. The number of benzene rings is 1. The largest absolute Gasteiger partial charge is 0.356 e. The molecule has 0 spiro atoms. The monoisotopic (exact) mass is 426 g/mol. The zero-order chi connectivity index (χ0) is 19.8. The van der Waals surface area contributed by atoms with E-state index in [2.05, 4.69) is 44.3 Å². The van der Waals surface area contributed by atoms with E-state index in [1.54, 1.807) is 11.3 Å². The van der Waals surface area contributed by atoms with Crippen molar-refractivity contribution in [1.29, 1.82) is 0 Å². The van der Waals surface area contributed by atoms with Crippen molar-refractivity contribution in [2.75, 3.05) is 12.3 Å². The number of fused-ring (bicyclic) bond motifs is 3. The average Bonchev–Trinajstić information content (AvgIpc) is 3.35. The van der Waals surface area contributed by atoms with Gasteiger partial charge in [0, 0.05) is 23.1 Å². The van der Waals surface area contributed by atoms with E-state index >= 15 is 0 Å². The summed E-state index contributed by atoms with van der Waals surface area (Å²) in [5.41, 5.74) is 3.91. The number of carbonyl (C=O) groups is 1. The molecule has 29 heavy (non-hydrogen) atoms. The lowest BCUT2D eigenvalue weighted by Gasteiger charge is -2.41. The molecule has 0 radical (unpaired) electrons. The van der Waals surface area contributed by atoms with Gasteiger partial charge in [-0.2, -0.15) is 0 Å². The van der Waals surface area contributed by atoms with Crippen LogP contribution in [-0.2, 0) is 11.2 Å². The Balaban J connectivity index is 1.44. The molecule has 1 fully saturated rings. The molecule has 1 atom stereocenters. The highest BCUT2D eigenvalue weighted by molar-refractivity contribution is 8.01. The molecule has 1 amide bonds. The minimum atomic E-state index is 0.177. The third-order valence-electron chi connectivity index (χ3n) is 6.32. The minimum Gasteiger partial charge on any atom is -0.356 e. The normalized spacial score (nSPS) is 20.2. The number of H-pyrrole nitrogens is 1. The highest BCUT2D eigenvalue weighted by atomic mass is 32.2. The second-order valence-corrected chi connectivity index (χ2v) is 10.5. The van der Waals surface area contributed by atoms with Gasteiger partial charge in [-0.1, -0.05) is 60.6 Å². The van der Waals surface area contributed by atoms with Gasteiger partial charge in [0.25, 0.3) is 0 Å². The topological polar surface area (TPSA) is 61.9 Å². The van der Waals surface area contributed by atoms with E-state index in [-0.39, 0.29) is 11.9 Å². The smallest absolute Gasteiger partial charge is 0.233 e. The number of amides is 1. The second kappa shape index (κ2) is 8.11. The number of carbonyl (C=O) groups excluding carboxylic acids is 1. The Hall–Kier alpha value is -1.86. The van der Waals surface area contributed by atoms with Crippen LogP contribution in [0.15, 0.2) is 28.6 Å². The lowest BCUT2D eigenvalue weighted by atomic mass is 9.79. The summed E-state index contributed by atoms with van der Waals surface area (Å²) in [7, 11) is 0. The Morgan fingerprint density at radius 2 is 2.07 bits per heavy atom. The molecule has 1 saturated carbocycles. The molecule has 1 aromatic carbocycles. The molecule has 0 unspecified atom stereocenters. The summed E-state index contributed by atoms with van der Waals surface area (Å²) in [6.45, 7) is 2.76. The Morgan fingerprint density at radius 1 is 1.24 bits per heavy atom. The molecular weight excluding hydrogens is 400 g/mol. The minimum absolute atomic E-state index is 0.177. The van der Waals surface area contributed by atoms with E-state index in [9.17, 15) is 4.79 Å². The Morgan fingerprint density at radius 3 is 2.86 bits per heavy atom. The van der Waals surface area contributed by atoms with Gasteiger partial charge in [0.05, 0.1) is 11.8 Å². The molecule has 2 aromatic heterocycles. The summed E-state index contributed by atoms with van der Waals surface area (Å²) in [6.07, 6.45) is 7.23. The van der Waals surface area contributed by atoms with Gasteiger partial charge in [-0.3, -0.25) is 4.79 Å². The van der Waals surface area contributed by atoms with Crippen LogP contribution in [0, 0.1) is 12.8 Å². The number of aromatic amines is 1. The van der Waals surface area contributed by atoms with Crippen molar-refractivity contribution in [1.82, 2.24) is 20.1 Å². The Bertz CT molecular complexity index is 1020. The molecule has 5 rings (SSSR count). The lowest BCUT2D eigenvalue weighted by molar-refractivity contribution is -0.133. The van der Waals surface area contributed by atoms with Crippen LogP contribution >= 0.6 is 23.1 Å². The molecule has 0 saturated heterocycles. The van der Waals surface area contributed by atoms with Gasteiger partial charge < -0.3 is 9.88 Å². The molecule has 7 heteroatoms. The first kappa shape index (κ1) is 19.1. The summed E-state index contributed by atoms with van der Waals surface area (Å²) in [4.78, 5) is 19.2. The lowest BCUT2D eigenvalue weighted by Crippen LogP contribution is -2.44. The first-order valence-corrected chi connectivity index (χ1v) is 12.3. The number of nitrogens with one attached hydrogen (secondary N) is 1. The highest BCUT2D eigenvalue weighted by Crippen LogP contribution is 2.44. The summed E-state index contributed by atoms with van der Waals surface area (Å²) in [6, 6.07) is 8.75. The quantitative estimate of drug-likeness (QED) is 0.588. The second-order valence-electron chi connectivity index (χ2n) is 8.12. The molecule has 1 aliphatic carbocycles. The maximum absolute atomic E-state index is 13.3. The molecule has 0 bridgehead atoms. The Labute approximate surface area is 179 Å². The van der Waals surface area contributed by atoms with E-state index in [0.717, 1.165) is 22.3 Å². The molecule has 1 N–H and O–H groups in total. The van der Waals surface area contributed by atoms with Gasteiger partial charge in [-0.25, -0.2) is 0 Å². The number of aromatic nitrogens is 3. The molecule has 1 aliphatic heterocycles. The summed E-state index contributed by atoms with van der Waals surface area (Å²) in [5, 5.41) is 10.5. The van der Waals surface area contributed by atoms with Gasteiger partial charge in [0.2, 0.25) is 5.91 Å². The molecule has 3 aromatic rings. The van der Waals surface area contributed by atoms with Gasteiger partial charge in [-0.05, 0) is 43.7 Å². The van der Waals surface area contributed by atoms with Crippen molar-refractivity contribution in [2.24, 2.45) is 5.92 Å². The third-order valence-corrected chi connectivity index (χ3v) is 8.28. The number of aryl methyl sites for hydroxylation is 1. The van der Waals surface area contributed by atoms with Crippen LogP contribution in [0.3, 0.4) is 0 Å². The van der Waals surface area contributed by atoms with Crippen LogP contribution in [0.5, 0.6) is 0 Å². The van der Waals surface area contributed by atoms with Crippen molar-refractivity contribution in [3.05, 3.63) is 40.5 Å². The van der Waals surface area contributed by atoms with Crippen LogP contribution in [0.4, 0.5) is 0 Å². The SMILES string of the molecule is Cc1nnc(SCC(=O)N2CCc3c([nH]c4ccccc34)[C@@H]2C2CCCCC2)s1. The molecule has 5 nitrogen and oxygen atoms in total. The molecule has 2 aliphatic rings. The van der Waals surface area contributed by atoms with Gasteiger partial charge in [0.1, 0.15) is 5.01 Å². The van der Waals surface area contributed by atoms with Crippen LogP contribution in [0.2, 0.25) is 0 Å². The van der Waals surface area contributed by atoms with Crippen LogP contribution in [0.1, 0.15) is 54.4 Å². The number of rotatable bonds is 4. The van der Waals surface area contributed by atoms with E-state index in [1.165, 1.54) is 66.0 Å². The average molecular weight is 427 g/mol. The first-order chi connectivity index (χ1) is 14.2. The molecular formula is C22H26N4OS2. The predicted molar refractivity (Wildman–Crippen MR) is 118 cm³/mol. The van der Waals surface area contributed by atoms with Gasteiger partial charge in [0.15, 0.2) is 4.34 Å². The standard InChI is InChI=1S/C22H26N4OS2/c1-14-24-25-22(29-14)28-13-19(27)26-12-11-17-16-9-5-6-10-18(16)23-20(17)21(26)15-7-3-2-4-8-15/h5-6,9-10,15,21,23H,2-4,7-8,11-13H2,1H3/t21-/m0/s1. The number of nitrogens with zero attached hydrogens (tertiary/aromatic N) is 3. The van der Waals surface area contributed by atoms with Crippen molar-refractivity contribution >= 4 is 39.9 Å². The number of hydrogen-bond donors (Lipinski definition) is 1. The van der Waals surface area contributed by atoms with Crippen molar-refractivity contribution in [2.45, 2.75) is 55.8 Å². The van der Waals surface area contributed by atoms with E-state index in [1.807, 2.05) is 6.92 Å². The summed E-state index contributed by atoms with van der Waals surface area (Å²) < 4.78 is 0.883. The maximum atomic E-state index is 13.3. The predicted octanol–water partition coefficient (Wildman–Crippen LogP) is 5.13. The van der Waals surface area contributed by atoms with Crippen LogP contribution in [-0.4, -0.2) is 38.3 Å². The highest BCUT2D eigenvalue weighted by Gasteiger charge is 2.38. The van der Waals surface area contributed by atoms with E-state index in [0.29, 0.717) is 11.7 Å². The van der Waals surface area contributed by atoms with Crippen LogP contribution < -0.4 is 0 Å². The zero-order valence-corrected chi connectivity index (χ0v) is 18.3. The maximum Gasteiger partial charge on any atom is 0.233 e. The fourth-order valence-corrected chi connectivity index (χ4v) is 6.73. The van der Waals surface area contributed by atoms with Crippen molar-refractivity contribution in [3.63, 3.8) is 0 Å². The van der Waals surface area contributed by atoms with Crippen molar-refractivity contribution < 1.29 is 4.79 Å². The summed E-state index contributed by atoms with van der Waals surface area (Å²) >= 11 is 3.08. The number of thioether (sulfide) groups is 1.